The highest BCUT2D eigenvalue weighted by molar-refractivity contribution is 9.10. The van der Waals surface area contributed by atoms with E-state index < -0.39 is 0 Å². The van der Waals surface area contributed by atoms with Gasteiger partial charge < -0.3 is 4.42 Å². The molecule has 0 fully saturated rings. The van der Waals surface area contributed by atoms with Crippen molar-refractivity contribution in [3.05, 3.63) is 80.9 Å². The molecule has 0 saturated carbocycles. The van der Waals surface area contributed by atoms with E-state index >= 15 is 0 Å². The topological polar surface area (TPSA) is 60.9 Å². The van der Waals surface area contributed by atoms with Crippen LogP contribution in [0.5, 0.6) is 0 Å². The Balaban J connectivity index is 1.68. The van der Waals surface area contributed by atoms with Gasteiger partial charge in [-0.1, -0.05) is 45.9 Å². The van der Waals surface area contributed by atoms with Crippen molar-refractivity contribution in [1.82, 2.24) is 14.8 Å². The van der Waals surface area contributed by atoms with Crippen LogP contribution >= 0.6 is 27.7 Å². The monoisotopic (exact) mass is 427 g/mol. The van der Waals surface area contributed by atoms with Gasteiger partial charge in [0.25, 0.3) is 0 Å². The molecule has 0 unspecified atom stereocenters. The van der Waals surface area contributed by atoms with Crippen molar-refractivity contribution in [1.29, 1.82) is 0 Å². The summed E-state index contributed by atoms with van der Waals surface area (Å²) in [5, 5.41) is 9.98. The zero-order valence-corrected chi connectivity index (χ0v) is 16.3. The maximum absolute atomic E-state index is 11.9. The number of hydrogen-bond acceptors (Lipinski definition) is 5. The number of thioether (sulfide) groups is 1. The Kier molecular flexibility index (Phi) is 4.65. The van der Waals surface area contributed by atoms with Crippen molar-refractivity contribution in [3.8, 4) is 5.69 Å². The molecule has 26 heavy (non-hydrogen) atoms. The largest absolute Gasteiger partial charge is 0.423 e. The van der Waals surface area contributed by atoms with E-state index in [1.165, 1.54) is 17.8 Å². The summed E-state index contributed by atoms with van der Waals surface area (Å²) < 4.78 is 8.14. The molecule has 2 aromatic carbocycles. The lowest BCUT2D eigenvalue weighted by atomic mass is 10.1. The van der Waals surface area contributed by atoms with Gasteiger partial charge in [0.05, 0.1) is 5.69 Å². The van der Waals surface area contributed by atoms with E-state index in [1.54, 1.807) is 12.4 Å². The first kappa shape index (κ1) is 17.1. The fraction of sp³-hybridized carbons (Fsp3) is 0.105. The summed E-state index contributed by atoms with van der Waals surface area (Å²) in [6, 6.07) is 15.3. The van der Waals surface area contributed by atoms with Crippen molar-refractivity contribution in [2.75, 3.05) is 0 Å². The fourth-order valence-corrected chi connectivity index (χ4v) is 4.04. The predicted octanol–water partition coefficient (Wildman–Crippen LogP) is 4.74. The number of rotatable bonds is 4. The molecule has 130 valence electrons. The Labute approximate surface area is 162 Å². The summed E-state index contributed by atoms with van der Waals surface area (Å²) in [7, 11) is 0. The number of halogens is 1. The summed E-state index contributed by atoms with van der Waals surface area (Å²) >= 11 is 4.94. The fourth-order valence-electron chi connectivity index (χ4n) is 2.79. The number of benzene rings is 2. The maximum Gasteiger partial charge on any atom is 0.336 e. The third kappa shape index (κ3) is 3.32. The highest BCUT2D eigenvalue weighted by atomic mass is 79.9. The van der Waals surface area contributed by atoms with E-state index in [2.05, 4.69) is 39.1 Å². The number of aryl methyl sites for hydroxylation is 1. The smallest absolute Gasteiger partial charge is 0.336 e. The van der Waals surface area contributed by atoms with E-state index in [1.807, 2.05) is 34.9 Å². The molecule has 0 aliphatic heterocycles. The van der Waals surface area contributed by atoms with Gasteiger partial charge in [-0.2, -0.15) is 0 Å². The SMILES string of the molecule is Cc1ccccc1-n1cnnc1SCc1cc(=O)oc2cc(Br)ccc12. The van der Waals surface area contributed by atoms with Crippen molar-refractivity contribution in [3.63, 3.8) is 0 Å². The lowest BCUT2D eigenvalue weighted by Crippen LogP contribution is -2.01. The van der Waals surface area contributed by atoms with Gasteiger partial charge in [-0.15, -0.1) is 10.2 Å². The zero-order valence-electron chi connectivity index (χ0n) is 13.8. The minimum absolute atomic E-state index is 0.355. The minimum Gasteiger partial charge on any atom is -0.423 e. The second-order valence-electron chi connectivity index (χ2n) is 5.79. The molecular weight excluding hydrogens is 414 g/mol. The van der Waals surface area contributed by atoms with Crippen molar-refractivity contribution in [2.24, 2.45) is 0 Å². The number of aromatic nitrogens is 3. The Morgan fingerprint density at radius 2 is 2.04 bits per heavy atom. The van der Waals surface area contributed by atoms with E-state index in [0.29, 0.717) is 11.3 Å². The summed E-state index contributed by atoms with van der Waals surface area (Å²) in [5.41, 5.74) is 3.31. The molecule has 0 bridgehead atoms. The van der Waals surface area contributed by atoms with Crippen LogP contribution in [0.4, 0.5) is 0 Å². The Bertz CT molecular complexity index is 1150. The third-order valence-corrected chi connectivity index (χ3v) is 5.53. The van der Waals surface area contributed by atoms with Crippen LogP contribution in [0, 0.1) is 6.92 Å². The molecule has 0 aliphatic rings. The Morgan fingerprint density at radius 3 is 2.88 bits per heavy atom. The molecule has 2 aromatic heterocycles. The average molecular weight is 428 g/mol. The van der Waals surface area contributed by atoms with Gasteiger partial charge in [0.1, 0.15) is 11.9 Å². The molecule has 0 radical (unpaired) electrons. The van der Waals surface area contributed by atoms with Gasteiger partial charge >= 0.3 is 5.63 Å². The maximum atomic E-state index is 11.9. The molecule has 0 spiro atoms. The molecule has 4 rings (SSSR count). The second-order valence-corrected chi connectivity index (χ2v) is 7.65. The van der Waals surface area contributed by atoms with Crippen molar-refractivity contribution >= 4 is 38.7 Å². The van der Waals surface area contributed by atoms with E-state index in [0.717, 1.165) is 31.8 Å². The van der Waals surface area contributed by atoms with Crippen LogP contribution in [-0.4, -0.2) is 14.8 Å². The van der Waals surface area contributed by atoms with E-state index in [-0.39, 0.29) is 5.63 Å². The summed E-state index contributed by atoms with van der Waals surface area (Å²) in [6.45, 7) is 2.05. The lowest BCUT2D eigenvalue weighted by molar-refractivity contribution is 0.559. The number of fused-ring (bicyclic) bond motifs is 1. The van der Waals surface area contributed by atoms with Crippen LogP contribution in [0.3, 0.4) is 0 Å². The summed E-state index contributed by atoms with van der Waals surface area (Å²) in [4.78, 5) is 11.9. The molecule has 4 aromatic rings. The molecule has 0 aliphatic carbocycles. The molecule has 2 heterocycles. The first-order valence-corrected chi connectivity index (χ1v) is 9.71. The second kappa shape index (κ2) is 7.09. The highest BCUT2D eigenvalue weighted by Gasteiger charge is 2.12. The van der Waals surface area contributed by atoms with Gasteiger partial charge in [-0.25, -0.2) is 4.79 Å². The van der Waals surface area contributed by atoms with Crippen LogP contribution in [0.2, 0.25) is 0 Å². The van der Waals surface area contributed by atoms with E-state index in [4.69, 9.17) is 4.42 Å². The van der Waals surface area contributed by atoms with E-state index in [9.17, 15) is 4.79 Å². The molecule has 0 saturated heterocycles. The zero-order chi connectivity index (χ0) is 18.1. The molecule has 5 nitrogen and oxygen atoms in total. The first-order valence-electron chi connectivity index (χ1n) is 7.93. The van der Waals surface area contributed by atoms with Crippen molar-refractivity contribution in [2.45, 2.75) is 17.8 Å². The summed E-state index contributed by atoms with van der Waals surface area (Å²) in [6.07, 6.45) is 1.71. The molecule has 0 amide bonds. The predicted molar refractivity (Wildman–Crippen MR) is 106 cm³/mol. The Hall–Kier alpha value is -2.38. The Morgan fingerprint density at radius 1 is 1.19 bits per heavy atom. The average Bonchev–Trinajstić information content (AvgIpc) is 3.08. The van der Waals surface area contributed by atoms with Crippen LogP contribution in [0.1, 0.15) is 11.1 Å². The van der Waals surface area contributed by atoms with Crippen LogP contribution in [0.15, 0.2) is 73.7 Å². The normalized spacial score (nSPS) is 11.2. The lowest BCUT2D eigenvalue weighted by Gasteiger charge is -2.09. The standard InChI is InChI=1S/C19H14BrN3O2S/c1-12-4-2-3-5-16(12)23-11-21-22-19(23)26-10-13-8-18(24)25-17-9-14(20)6-7-15(13)17/h2-9,11H,10H2,1H3. The van der Waals surface area contributed by atoms with Crippen LogP contribution in [-0.2, 0) is 5.75 Å². The molecule has 7 heteroatoms. The van der Waals surface area contributed by atoms with Crippen molar-refractivity contribution < 1.29 is 4.42 Å². The number of para-hydroxylation sites is 1. The highest BCUT2D eigenvalue weighted by Crippen LogP contribution is 2.28. The quantitative estimate of drug-likeness (QED) is 0.347. The van der Waals surface area contributed by atoms with Crippen LogP contribution in [0.25, 0.3) is 16.7 Å². The minimum atomic E-state index is -0.355. The molecular formula is C19H14BrN3O2S. The van der Waals surface area contributed by atoms with Gasteiger partial charge in [0.15, 0.2) is 5.16 Å². The molecule has 0 N–H and O–H groups in total. The first-order chi connectivity index (χ1) is 12.6. The summed E-state index contributed by atoms with van der Waals surface area (Å²) in [5.74, 6) is 0.592. The molecule has 0 atom stereocenters. The van der Waals surface area contributed by atoms with Gasteiger partial charge in [-0.3, -0.25) is 4.57 Å². The van der Waals surface area contributed by atoms with Crippen LogP contribution < -0.4 is 5.63 Å². The van der Waals surface area contributed by atoms with Gasteiger partial charge in [0, 0.05) is 21.7 Å². The number of nitrogens with zero attached hydrogens (tertiary/aromatic N) is 3. The van der Waals surface area contributed by atoms with Gasteiger partial charge in [0.2, 0.25) is 0 Å². The number of hydrogen-bond donors (Lipinski definition) is 0. The third-order valence-electron chi connectivity index (χ3n) is 4.04. The van der Waals surface area contributed by atoms with Gasteiger partial charge in [-0.05, 0) is 42.3 Å².